The lowest BCUT2D eigenvalue weighted by molar-refractivity contribution is -0.119. The van der Waals surface area contributed by atoms with Crippen LogP contribution in [0.1, 0.15) is 6.92 Å². The number of carbonyl (C=O) groups excluding carboxylic acids is 1. The minimum absolute atomic E-state index is 0.121. The third kappa shape index (κ3) is 4.08. The van der Waals surface area contributed by atoms with Gasteiger partial charge >= 0.3 is 0 Å². The van der Waals surface area contributed by atoms with Crippen LogP contribution in [0.3, 0.4) is 0 Å². The van der Waals surface area contributed by atoms with Crippen molar-refractivity contribution in [1.82, 2.24) is 4.90 Å². The van der Waals surface area contributed by atoms with Gasteiger partial charge in [-0.25, -0.2) is 0 Å². The lowest BCUT2D eigenvalue weighted by atomic mass is 10.3. The number of ether oxygens (including phenoxy) is 1. The zero-order valence-corrected chi connectivity index (χ0v) is 12.2. The Bertz CT molecular complexity index is 448. The van der Waals surface area contributed by atoms with Crippen molar-refractivity contribution < 1.29 is 9.53 Å². The summed E-state index contributed by atoms with van der Waals surface area (Å²) in [6, 6.07) is 5.13. The summed E-state index contributed by atoms with van der Waals surface area (Å²) in [5, 5.41) is 3.64. The number of benzene rings is 1. The molecule has 1 aromatic rings. The minimum Gasteiger partial charge on any atom is -0.376 e. The lowest BCUT2D eigenvalue weighted by Crippen LogP contribution is -2.44. The van der Waals surface area contributed by atoms with Crippen molar-refractivity contribution in [3.63, 3.8) is 0 Å². The first kappa shape index (κ1) is 14.6. The summed E-state index contributed by atoms with van der Waals surface area (Å²) in [4.78, 5) is 14.0. The smallest absolute Gasteiger partial charge is 0.238 e. The molecule has 2 rings (SSSR count). The molecule has 104 valence electrons. The maximum atomic E-state index is 12.0. The number of hydrogen-bond acceptors (Lipinski definition) is 3. The van der Waals surface area contributed by atoms with E-state index in [1.54, 1.807) is 18.2 Å². The number of para-hydroxylation sites is 1. The molecule has 1 aliphatic heterocycles. The summed E-state index contributed by atoms with van der Waals surface area (Å²) in [6.45, 7) is 4.48. The molecule has 0 spiro atoms. The van der Waals surface area contributed by atoms with Crippen LogP contribution in [0.15, 0.2) is 18.2 Å². The average molecular weight is 303 g/mol. The highest BCUT2D eigenvalue weighted by Crippen LogP contribution is 2.29. The topological polar surface area (TPSA) is 41.6 Å². The first-order valence-electron chi connectivity index (χ1n) is 6.14. The SMILES string of the molecule is C[C@H]1CN(CC(=O)Nc2c(Cl)cccc2Cl)CCO1. The normalized spacial score (nSPS) is 20.3. The molecular weight excluding hydrogens is 287 g/mol. The van der Waals surface area contributed by atoms with Crippen LogP contribution in [0.25, 0.3) is 0 Å². The molecule has 4 nitrogen and oxygen atoms in total. The molecule has 1 N–H and O–H groups in total. The third-order valence-corrected chi connectivity index (χ3v) is 3.55. The van der Waals surface area contributed by atoms with Gasteiger partial charge in [0.05, 0.1) is 35.0 Å². The van der Waals surface area contributed by atoms with E-state index in [1.165, 1.54) is 0 Å². The summed E-state index contributed by atoms with van der Waals surface area (Å²) in [6.07, 6.45) is 0.158. The molecule has 1 saturated heterocycles. The van der Waals surface area contributed by atoms with Crippen LogP contribution in [0, 0.1) is 0 Å². The molecule has 1 aliphatic rings. The van der Waals surface area contributed by atoms with Gasteiger partial charge in [0.15, 0.2) is 0 Å². The molecule has 0 radical (unpaired) electrons. The molecule has 1 amide bonds. The van der Waals surface area contributed by atoms with Crippen molar-refractivity contribution in [3.05, 3.63) is 28.2 Å². The van der Waals surface area contributed by atoms with Crippen molar-refractivity contribution in [1.29, 1.82) is 0 Å². The van der Waals surface area contributed by atoms with Crippen LogP contribution >= 0.6 is 23.2 Å². The van der Waals surface area contributed by atoms with E-state index in [0.29, 0.717) is 28.9 Å². The Kier molecular flexibility index (Phi) is 5.05. The number of morpholine rings is 1. The number of hydrogen-bond donors (Lipinski definition) is 1. The van der Waals surface area contributed by atoms with Gasteiger partial charge in [0.2, 0.25) is 5.91 Å². The Morgan fingerprint density at radius 2 is 2.16 bits per heavy atom. The first-order chi connectivity index (χ1) is 9.06. The Labute approximate surface area is 122 Å². The van der Waals surface area contributed by atoms with E-state index in [0.717, 1.165) is 13.1 Å². The van der Waals surface area contributed by atoms with Crippen LogP contribution in [0.4, 0.5) is 5.69 Å². The van der Waals surface area contributed by atoms with Crippen molar-refractivity contribution in [2.45, 2.75) is 13.0 Å². The second kappa shape index (κ2) is 6.57. The van der Waals surface area contributed by atoms with E-state index in [9.17, 15) is 4.79 Å². The quantitative estimate of drug-likeness (QED) is 0.933. The van der Waals surface area contributed by atoms with Gasteiger partial charge in [-0.3, -0.25) is 9.69 Å². The summed E-state index contributed by atoms with van der Waals surface area (Å²) in [7, 11) is 0. The zero-order chi connectivity index (χ0) is 13.8. The number of amides is 1. The average Bonchev–Trinajstić information content (AvgIpc) is 2.34. The molecule has 1 atom stereocenters. The largest absolute Gasteiger partial charge is 0.376 e. The van der Waals surface area contributed by atoms with E-state index >= 15 is 0 Å². The molecule has 19 heavy (non-hydrogen) atoms. The Morgan fingerprint density at radius 1 is 1.47 bits per heavy atom. The van der Waals surface area contributed by atoms with Crippen molar-refractivity contribution in [3.8, 4) is 0 Å². The van der Waals surface area contributed by atoms with Crippen LogP contribution in [-0.2, 0) is 9.53 Å². The van der Waals surface area contributed by atoms with E-state index in [2.05, 4.69) is 5.32 Å². The molecule has 0 bridgehead atoms. The molecule has 0 aliphatic carbocycles. The molecule has 1 aromatic carbocycles. The second-order valence-electron chi connectivity index (χ2n) is 4.56. The number of carbonyl (C=O) groups is 1. The minimum atomic E-state index is -0.121. The standard InChI is InChI=1S/C13H16Cl2N2O2/c1-9-7-17(5-6-19-9)8-12(18)16-13-10(14)3-2-4-11(13)15/h2-4,9H,5-8H2,1H3,(H,16,18)/t9-/m0/s1. The molecule has 0 unspecified atom stereocenters. The van der Waals surface area contributed by atoms with Gasteiger partial charge in [0.25, 0.3) is 0 Å². The summed E-state index contributed by atoms with van der Waals surface area (Å²) < 4.78 is 5.43. The molecule has 6 heteroatoms. The maximum absolute atomic E-state index is 12.0. The number of halogens is 2. The fourth-order valence-corrected chi connectivity index (χ4v) is 2.53. The van der Waals surface area contributed by atoms with Gasteiger partial charge in [-0.05, 0) is 19.1 Å². The van der Waals surface area contributed by atoms with Gasteiger partial charge in [-0.15, -0.1) is 0 Å². The van der Waals surface area contributed by atoms with E-state index in [1.807, 2.05) is 11.8 Å². The van der Waals surface area contributed by atoms with Gasteiger partial charge in [0, 0.05) is 13.1 Å². The second-order valence-corrected chi connectivity index (χ2v) is 5.38. The number of rotatable bonds is 3. The summed E-state index contributed by atoms with van der Waals surface area (Å²) in [5.41, 5.74) is 0.470. The van der Waals surface area contributed by atoms with E-state index < -0.39 is 0 Å². The molecular formula is C13H16Cl2N2O2. The Morgan fingerprint density at radius 3 is 2.79 bits per heavy atom. The number of nitrogens with zero attached hydrogens (tertiary/aromatic N) is 1. The predicted octanol–water partition coefficient (Wildman–Crippen LogP) is 2.65. The van der Waals surface area contributed by atoms with E-state index in [-0.39, 0.29) is 12.0 Å². The highest BCUT2D eigenvalue weighted by atomic mass is 35.5. The molecule has 1 fully saturated rings. The maximum Gasteiger partial charge on any atom is 0.238 e. The molecule has 0 saturated carbocycles. The summed E-state index contributed by atoms with van der Waals surface area (Å²) in [5.74, 6) is -0.121. The zero-order valence-electron chi connectivity index (χ0n) is 10.7. The van der Waals surface area contributed by atoms with Gasteiger partial charge < -0.3 is 10.1 Å². The van der Waals surface area contributed by atoms with Gasteiger partial charge in [-0.2, -0.15) is 0 Å². The highest BCUT2D eigenvalue weighted by molar-refractivity contribution is 6.39. The monoisotopic (exact) mass is 302 g/mol. The van der Waals surface area contributed by atoms with Crippen molar-refractivity contribution >= 4 is 34.8 Å². The lowest BCUT2D eigenvalue weighted by Gasteiger charge is -2.30. The van der Waals surface area contributed by atoms with Crippen LogP contribution < -0.4 is 5.32 Å². The first-order valence-corrected chi connectivity index (χ1v) is 6.89. The summed E-state index contributed by atoms with van der Waals surface area (Å²) >= 11 is 12.0. The van der Waals surface area contributed by atoms with E-state index in [4.69, 9.17) is 27.9 Å². The number of nitrogens with one attached hydrogen (secondary N) is 1. The van der Waals surface area contributed by atoms with Gasteiger partial charge in [-0.1, -0.05) is 29.3 Å². The third-order valence-electron chi connectivity index (χ3n) is 2.92. The Balaban J connectivity index is 1.94. The fourth-order valence-electron chi connectivity index (χ4n) is 2.03. The van der Waals surface area contributed by atoms with Gasteiger partial charge in [0.1, 0.15) is 0 Å². The van der Waals surface area contributed by atoms with Crippen LogP contribution in [-0.4, -0.2) is 43.2 Å². The predicted molar refractivity (Wildman–Crippen MR) is 76.9 cm³/mol. The van der Waals surface area contributed by atoms with Crippen LogP contribution in [0.5, 0.6) is 0 Å². The van der Waals surface area contributed by atoms with Crippen molar-refractivity contribution in [2.75, 3.05) is 31.6 Å². The van der Waals surface area contributed by atoms with Crippen LogP contribution in [0.2, 0.25) is 10.0 Å². The molecule has 0 aromatic heterocycles. The fraction of sp³-hybridized carbons (Fsp3) is 0.462. The number of anilines is 1. The highest BCUT2D eigenvalue weighted by Gasteiger charge is 2.19. The Hall–Kier alpha value is -0.810. The van der Waals surface area contributed by atoms with Crippen molar-refractivity contribution in [2.24, 2.45) is 0 Å². The molecule has 1 heterocycles.